The average Bonchev–Trinajstić information content (AvgIpc) is 3.08. The molecule has 7 N–H and O–H groups in total. The number of nitrogens with one attached hydrogen (secondary N) is 3. The van der Waals surface area contributed by atoms with Crippen LogP contribution in [-0.4, -0.2) is 154 Å². The van der Waals surface area contributed by atoms with Crippen molar-refractivity contribution < 1.29 is 151 Å². The second-order valence-corrected chi connectivity index (χ2v) is 17.7. The van der Waals surface area contributed by atoms with Crippen molar-refractivity contribution in [1.82, 2.24) is 16.0 Å². The van der Waals surface area contributed by atoms with Crippen molar-refractivity contribution >= 4 is 17.6 Å². The first-order valence-electron chi connectivity index (χ1n) is 16.2. The lowest BCUT2D eigenvalue weighted by Crippen LogP contribution is -2.72. The molecule has 0 aliphatic rings. The first-order chi connectivity index (χ1) is 27.8. The number of hydrogen-bond donors (Lipinski definition) is 7. The maximum absolute atomic E-state index is 13.9. The zero-order chi connectivity index (χ0) is 51.7. The zero-order valence-electron chi connectivity index (χ0n) is 30.3. The van der Waals surface area contributed by atoms with Gasteiger partial charge >= 0.3 is 95.1 Å². The molecule has 0 fully saturated rings. The molecule has 8 nitrogen and oxygen atoms in total. The van der Waals surface area contributed by atoms with Crippen molar-refractivity contribution in [3.8, 4) is 0 Å². The summed E-state index contributed by atoms with van der Waals surface area (Å²) in [5, 5.41) is 6.80. The van der Waals surface area contributed by atoms with Gasteiger partial charge in [0.05, 0.1) is 0 Å². The third kappa shape index (κ3) is 11.9. The van der Waals surface area contributed by atoms with E-state index in [1.165, 1.54) is 0 Å². The molecule has 0 aromatic heterocycles. The highest BCUT2D eigenvalue weighted by molar-refractivity contribution is 6.72. The molecule has 0 aliphatic heterocycles. The van der Waals surface area contributed by atoms with Gasteiger partial charge in [-0.15, -0.1) is 0 Å². The molecule has 0 atom stereocenters. The van der Waals surface area contributed by atoms with Crippen LogP contribution >= 0.6 is 0 Å². The molecular formula is C25H28F29N3O5Si2. The van der Waals surface area contributed by atoms with E-state index in [9.17, 15) is 147 Å². The molecule has 0 rings (SSSR count). The minimum atomic E-state index is -8.62. The largest absolute Gasteiger partial charge is 0.488 e. The topological polar surface area (TPSA) is 126 Å². The van der Waals surface area contributed by atoms with Crippen molar-refractivity contribution in [3.63, 3.8) is 0 Å². The third-order valence-electron chi connectivity index (χ3n) is 7.96. The van der Waals surface area contributed by atoms with Gasteiger partial charge in [-0.3, -0.25) is 0 Å². The Balaban J connectivity index is 5.06. The van der Waals surface area contributed by atoms with E-state index in [2.05, 4.69) is 14.7 Å². The number of hydrogen-bond acceptors (Lipinski definition) is 8. The molecule has 64 heavy (non-hydrogen) atoms. The summed E-state index contributed by atoms with van der Waals surface area (Å²) in [4.78, 5) is 38.9. The monoisotopic (exact) mass is 1060 g/mol. The molecule has 0 saturated carbocycles. The van der Waals surface area contributed by atoms with Crippen molar-refractivity contribution in [2.45, 2.75) is 102 Å². The molecule has 39 heteroatoms. The summed E-state index contributed by atoms with van der Waals surface area (Å²) in [6.07, 6.45) is -19.9. The number of rotatable bonds is 27. The highest BCUT2D eigenvalue weighted by atomic mass is 28.5. The molecule has 0 aliphatic carbocycles. The fourth-order valence-corrected chi connectivity index (χ4v) is 8.39. The Hall–Kier alpha value is -2.18. The van der Waals surface area contributed by atoms with Crippen LogP contribution in [0.1, 0.15) is 12.8 Å². The Morgan fingerprint density at radius 1 is 0.406 bits per heavy atom. The maximum atomic E-state index is 13.9. The van der Waals surface area contributed by atoms with E-state index in [-0.39, 0.29) is 26.2 Å². The van der Waals surface area contributed by atoms with Gasteiger partial charge in [0, 0.05) is 51.2 Å². The molecule has 0 saturated heterocycles. The predicted octanol–water partition coefficient (Wildman–Crippen LogP) is 7.37. The molecule has 0 bridgehead atoms. The lowest BCUT2D eigenvalue weighted by molar-refractivity contribution is -0.450. The van der Waals surface area contributed by atoms with E-state index in [4.69, 9.17) is 0 Å². The van der Waals surface area contributed by atoms with Crippen LogP contribution in [0.15, 0.2) is 11.9 Å². The molecular weight excluding hydrogens is 1030 g/mol. The van der Waals surface area contributed by atoms with Crippen LogP contribution in [0.3, 0.4) is 0 Å². The molecule has 0 heterocycles. The Labute approximate surface area is 338 Å². The van der Waals surface area contributed by atoms with E-state index in [0.717, 1.165) is 0 Å². The zero-order valence-corrected chi connectivity index (χ0v) is 32.3. The summed E-state index contributed by atoms with van der Waals surface area (Å²) in [5.74, 6) is -92.0. The van der Waals surface area contributed by atoms with E-state index in [0.29, 0.717) is 0 Å². The van der Waals surface area contributed by atoms with Gasteiger partial charge in [0.2, 0.25) is 0 Å². The maximum Gasteiger partial charge on any atom is 0.488 e. The first-order valence-corrected chi connectivity index (χ1v) is 20.2. The van der Waals surface area contributed by atoms with Gasteiger partial charge in [-0.05, 0) is 19.0 Å². The summed E-state index contributed by atoms with van der Waals surface area (Å²) >= 11 is 0. The van der Waals surface area contributed by atoms with Crippen LogP contribution in [0.2, 0.25) is 12.1 Å². The number of halogens is 29. The van der Waals surface area contributed by atoms with Crippen LogP contribution in [-0.2, 0) is 4.12 Å². The Kier molecular flexibility index (Phi) is 18.8. The first kappa shape index (κ1) is 61.8. The lowest BCUT2D eigenvalue weighted by atomic mass is 9.90. The Morgan fingerprint density at radius 2 is 0.719 bits per heavy atom. The molecule has 0 aromatic rings. The van der Waals surface area contributed by atoms with Gasteiger partial charge in [0.1, 0.15) is 0 Å². The lowest BCUT2D eigenvalue weighted by Gasteiger charge is -2.41. The average molecular weight is 1060 g/mol. The molecule has 0 radical (unpaired) electrons. The van der Waals surface area contributed by atoms with Gasteiger partial charge in [-0.2, -0.15) is 123 Å². The van der Waals surface area contributed by atoms with Crippen LogP contribution in [0, 0.1) is 0 Å². The SMILES string of the molecule is O[Si](O)(CCCNCCNCCNC/C=C(\F)C(F)(F)C(F)(F)C(F)(F)C(F)(F)C(F)(F)C(F)(F)C(F)(F)F)O[Si](O)(O)CCC(F)(F)C(F)(F)C(F)(F)C(F)(F)C(F)(F)C(F)(F)F. The summed E-state index contributed by atoms with van der Waals surface area (Å²) in [7, 11) is -11.6. The summed E-state index contributed by atoms with van der Waals surface area (Å²) < 4.78 is 388. The van der Waals surface area contributed by atoms with E-state index in [1.54, 1.807) is 0 Å². The minimum absolute atomic E-state index is 0.171. The molecule has 0 unspecified atom stereocenters. The second-order valence-electron chi connectivity index (χ2n) is 12.9. The number of alkyl halides is 28. The molecule has 0 aromatic carbocycles. The molecule has 0 amide bonds. The molecule has 384 valence electrons. The van der Waals surface area contributed by atoms with Crippen molar-refractivity contribution in [1.29, 1.82) is 0 Å². The van der Waals surface area contributed by atoms with E-state index in [1.807, 2.05) is 5.32 Å². The van der Waals surface area contributed by atoms with Crippen LogP contribution in [0.5, 0.6) is 0 Å². The van der Waals surface area contributed by atoms with E-state index >= 15 is 0 Å². The second kappa shape index (κ2) is 19.4. The van der Waals surface area contributed by atoms with Gasteiger partial charge in [0.15, 0.2) is 5.83 Å². The van der Waals surface area contributed by atoms with Gasteiger partial charge in [-0.1, -0.05) is 0 Å². The molecule has 0 spiro atoms. The van der Waals surface area contributed by atoms with Gasteiger partial charge < -0.3 is 39.2 Å². The Morgan fingerprint density at radius 3 is 1.11 bits per heavy atom. The summed E-state index contributed by atoms with van der Waals surface area (Å²) in [6.45, 7) is -2.94. The Bertz CT molecular complexity index is 1560. The van der Waals surface area contributed by atoms with Gasteiger partial charge in [0.25, 0.3) is 0 Å². The standard InChI is InChI=1S/C25H28F29N3O5Si2/c26-12(14(29,30)16(33,34)18(37,38)19(39,40)21(43,44)23(47,48)25(52,53)54)2-5-56-7-9-57-8-6-55-4-1-10-63(58,59)62-64(60,61)11-3-13(27,28)15(31,32)17(35,36)20(41,42)22(45,46)24(49,50)51/h2,55-61H,1,3-11H2/b12-2-. The number of allylic oxidation sites excluding steroid dienone is 1. The van der Waals surface area contributed by atoms with Crippen LogP contribution < -0.4 is 16.0 Å². The van der Waals surface area contributed by atoms with Crippen LogP contribution in [0.25, 0.3) is 0 Å². The normalized spacial score (nSPS) is 16.2. The quantitative estimate of drug-likeness (QED) is 0.0259. The van der Waals surface area contributed by atoms with Crippen LogP contribution in [0.4, 0.5) is 127 Å². The highest BCUT2D eigenvalue weighted by Crippen LogP contribution is 2.64. The minimum Gasteiger partial charge on any atom is -0.390 e. The summed E-state index contributed by atoms with van der Waals surface area (Å²) in [5.41, 5.74) is 0. The van der Waals surface area contributed by atoms with Crippen molar-refractivity contribution in [2.75, 3.05) is 39.3 Å². The summed E-state index contributed by atoms with van der Waals surface area (Å²) in [6, 6.07) is -3.46. The fourth-order valence-electron chi connectivity index (χ4n) is 4.20. The van der Waals surface area contributed by atoms with Crippen molar-refractivity contribution in [3.05, 3.63) is 11.9 Å². The fraction of sp³-hybridized carbons (Fsp3) is 0.920. The third-order valence-corrected chi connectivity index (χ3v) is 12.5. The predicted molar refractivity (Wildman–Crippen MR) is 155 cm³/mol. The van der Waals surface area contributed by atoms with Gasteiger partial charge in [-0.25, -0.2) is 4.39 Å². The van der Waals surface area contributed by atoms with E-state index < -0.39 is 145 Å². The van der Waals surface area contributed by atoms with Crippen molar-refractivity contribution in [2.24, 2.45) is 0 Å². The highest BCUT2D eigenvalue weighted by Gasteiger charge is 2.94. The smallest absolute Gasteiger partial charge is 0.390 e.